The Labute approximate surface area is 73.7 Å². The largest absolute Gasteiger partial charge is 0.169 e. The molecule has 0 aliphatic rings. The lowest BCUT2D eigenvalue weighted by Crippen LogP contribution is -2.22. The zero-order valence-electron chi connectivity index (χ0n) is 7.19. The van der Waals surface area contributed by atoms with Crippen molar-refractivity contribution in [2.45, 2.75) is 20.6 Å². The number of rotatable bonds is 1. The highest BCUT2D eigenvalue weighted by atomic mass is 35.5. The highest BCUT2D eigenvalue weighted by Crippen LogP contribution is 2.11. The highest BCUT2D eigenvalue weighted by Gasteiger charge is 2.03. The van der Waals surface area contributed by atoms with Crippen LogP contribution in [0.1, 0.15) is 5.56 Å². The molecule has 0 aliphatic carbocycles. The molecule has 0 atom stereocenters. The van der Waals surface area contributed by atoms with Gasteiger partial charge in [-0.2, -0.15) is 0 Å². The van der Waals surface area contributed by atoms with Crippen LogP contribution in [-0.2, 0) is 0 Å². The van der Waals surface area contributed by atoms with Crippen molar-refractivity contribution in [3.8, 4) is 0 Å². The van der Waals surface area contributed by atoms with Gasteiger partial charge in [0.1, 0.15) is 0 Å². The van der Waals surface area contributed by atoms with Crippen LogP contribution in [0.3, 0.4) is 0 Å². The SMILES string of the molecule is CB(C)c1ccc(Cl)c(C)c1. The summed E-state index contributed by atoms with van der Waals surface area (Å²) < 4.78 is 0. The predicted octanol–water partition coefficient (Wildman–Crippen LogP) is 2.61. The Morgan fingerprint density at radius 3 is 2.36 bits per heavy atom. The summed E-state index contributed by atoms with van der Waals surface area (Å²) >= 11 is 5.89. The summed E-state index contributed by atoms with van der Waals surface area (Å²) in [6, 6.07) is 6.19. The quantitative estimate of drug-likeness (QED) is 0.563. The zero-order chi connectivity index (χ0) is 8.43. The molecule has 0 nitrogen and oxygen atoms in total. The fourth-order valence-electron chi connectivity index (χ4n) is 1.03. The smallest absolute Gasteiger partial charge is 0.0841 e. The average molecular weight is 166 g/mol. The van der Waals surface area contributed by atoms with Gasteiger partial charge in [-0.25, -0.2) is 0 Å². The molecule has 0 N–H and O–H groups in total. The number of aryl methyl sites for hydroxylation is 1. The first-order chi connectivity index (χ1) is 5.11. The molecule has 11 heavy (non-hydrogen) atoms. The third-order valence-corrected chi connectivity index (χ3v) is 2.27. The van der Waals surface area contributed by atoms with Crippen molar-refractivity contribution >= 4 is 23.8 Å². The van der Waals surface area contributed by atoms with E-state index in [2.05, 4.69) is 25.8 Å². The van der Waals surface area contributed by atoms with E-state index in [1.165, 1.54) is 5.46 Å². The van der Waals surface area contributed by atoms with Crippen molar-refractivity contribution in [2.24, 2.45) is 0 Å². The fourth-order valence-corrected chi connectivity index (χ4v) is 1.14. The molecule has 1 aromatic rings. The minimum Gasteiger partial charge on any atom is -0.0841 e. The molecule has 0 heterocycles. The Balaban J connectivity index is 3.05. The van der Waals surface area contributed by atoms with Gasteiger partial charge in [0.2, 0.25) is 0 Å². The van der Waals surface area contributed by atoms with Gasteiger partial charge in [0.15, 0.2) is 6.71 Å². The number of benzene rings is 1. The molecule has 0 amide bonds. The maximum absolute atomic E-state index is 5.89. The third kappa shape index (κ3) is 2.00. The Morgan fingerprint density at radius 2 is 1.91 bits per heavy atom. The lowest BCUT2D eigenvalue weighted by molar-refractivity contribution is 1.49. The molecule has 0 saturated heterocycles. The standard InChI is InChI=1S/C9H12BCl/c1-7-6-8(10(2)3)4-5-9(7)11/h4-6H,1-3H3. The summed E-state index contributed by atoms with van der Waals surface area (Å²) in [5, 5.41) is 0.856. The number of hydrogen-bond donors (Lipinski definition) is 0. The summed E-state index contributed by atoms with van der Waals surface area (Å²) in [7, 11) is 0. The van der Waals surface area contributed by atoms with Crippen LogP contribution in [0.2, 0.25) is 18.7 Å². The Bertz CT molecular complexity index is 256. The summed E-state index contributed by atoms with van der Waals surface area (Å²) in [6.07, 6.45) is 0. The van der Waals surface area contributed by atoms with Crippen LogP contribution in [0, 0.1) is 6.92 Å². The van der Waals surface area contributed by atoms with Gasteiger partial charge in [0.05, 0.1) is 0 Å². The normalized spacial score (nSPS) is 9.82. The lowest BCUT2D eigenvalue weighted by Gasteiger charge is -2.04. The van der Waals surface area contributed by atoms with Crippen LogP contribution in [0.4, 0.5) is 0 Å². The monoisotopic (exact) mass is 166 g/mol. The van der Waals surface area contributed by atoms with E-state index in [0.29, 0.717) is 6.71 Å². The second-order valence-corrected chi connectivity index (χ2v) is 3.57. The Kier molecular flexibility index (Phi) is 2.61. The van der Waals surface area contributed by atoms with Gasteiger partial charge in [-0.05, 0) is 18.6 Å². The van der Waals surface area contributed by atoms with Gasteiger partial charge < -0.3 is 0 Å². The van der Waals surface area contributed by atoms with Gasteiger partial charge in [0.25, 0.3) is 0 Å². The van der Waals surface area contributed by atoms with Crippen molar-refractivity contribution in [1.82, 2.24) is 0 Å². The second-order valence-electron chi connectivity index (χ2n) is 3.16. The molecular weight excluding hydrogens is 154 g/mol. The van der Waals surface area contributed by atoms with E-state index in [9.17, 15) is 0 Å². The van der Waals surface area contributed by atoms with Crippen molar-refractivity contribution in [3.63, 3.8) is 0 Å². The van der Waals surface area contributed by atoms with Crippen LogP contribution in [0.15, 0.2) is 18.2 Å². The lowest BCUT2D eigenvalue weighted by atomic mass is 9.49. The Morgan fingerprint density at radius 1 is 1.27 bits per heavy atom. The first kappa shape index (κ1) is 8.67. The molecule has 0 saturated carbocycles. The van der Waals surface area contributed by atoms with Crippen molar-refractivity contribution in [2.75, 3.05) is 0 Å². The summed E-state index contributed by atoms with van der Waals surface area (Å²) in [6.45, 7) is 6.99. The molecule has 0 radical (unpaired) electrons. The molecule has 1 aromatic carbocycles. The maximum atomic E-state index is 5.89. The van der Waals surface area contributed by atoms with Crippen molar-refractivity contribution in [3.05, 3.63) is 28.8 Å². The van der Waals surface area contributed by atoms with Crippen molar-refractivity contribution in [1.29, 1.82) is 0 Å². The predicted molar refractivity (Wildman–Crippen MR) is 53.3 cm³/mol. The third-order valence-electron chi connectivity index (χ3n) is 1.85. The minimum atomic E-state index is 0.589. The van der Waals surface area contributed by atoms with E-state index in [4.69, 9.17) is 11.6 Å². The molecule has 0 bridgehead atoms. The number of halogens is 1. The van der Waals surface area contributed by atoms with E-state index in [1.807, 2.05) is 13.0 Å². The molecule has 0 spiro atoms. The Hall–Kier alpha value is -0.425. The molecule has 0 aliphatic heterocycles. The summed E-state index contributed by atoms with van der Waals surface area (Å²) in [4.78, 5) is 0. The van der Waals surface area contributed by atoms with Gasteiger partial charge >= 0.3 is 0 Å². The molecule has 1 rings (SSSR count). The zero-order valence-corrected chi connectivity index (χ0v) is 7.94. The molecule has 0 aromatic heterocycles. The second kappa shape index (κ2) is 3.31. The van der Waals surface area contributed by atoms with E-state index in [0.717, 1.165) is 10.6 Å². The van der Waals surface area contributed by atoms with Crippen LogP contribution >= 0.6 is 11.6 Å². The van der Waals surface area contributed by atoms with E-state index in [-0.39, 0.29) is 0 Å². The average Bonchev–Trinajstić information content (AvgIpc) is 1.94. The van der Waals surface area contributed by atoms with E-state index in [1.54, 1.807) is 0 Å². The summed E-state index contributed by atoms with van der Waals surface area (Å²) in [5.74, 6) is 0. The van der Waals surface area contributed by atoms with Crippen molar-refractivity contribution < 1.29 is 0 Å². The molecule has 2 heteroatoms. The topological polar surface area (TPSA) is 0 Å². The van der Waals surface area contributed by atoms with E-state index < -0.39 is 0 Å². The number of hydrogen-bond acceptors (Lipinski definition) is 0. The van der Waals surface area contributed by atoms with Crippen LogP contribution in [0.25, 0.3) is 0 Å². The molecular formula is C9H12BCl. The fraction of sp³-hybridized carbons (Fsp3) is 0.333. The van der Waals surface area contributed by atoms with Gasteiger partial charge in [-0.3, -0.25) is 0 Å². The molecule has 0 fully saturated rings. The van der Waals surface area contributed by atoms with Gasteiger partial charge in [-0.1, -0.05) is 42.8 Å². The molecule has 0 unspecified atom stereocenters. The van der Waals surface area contributed by atoms with Crippen LogP contribution in [0.5, 0.6) is 0 Å². The van der Waals surface area contributed by atoms with Crippen LogP contribution in [-0.4, -0.2) is 6.71 Å². The maximum Gasteiger partial charge on any atom is 0.169 e. The van der Waals surface area contributed by atoms with Gasteiger partial charge in [-0.15, -0.1) is 0 Å². The first-order valence-electron chi connectivity index (χ1n) is 3.87. The highest BCUT2D eigenvalue weighted by molar-refractivity contribution is 6.70. The van der Waals surface area contributed by atoms with Gasteiger partial charge in [0, 0.05) is 5.02 Å². The first-order valence-corrected chi connectivity index (χ1v) is 4.25. The van der Waals surface area contributed by atoms with Crippen LogP contribution < -0.4 is 5.46 Å². The minimum absolute atomic E-state index is 0.589. The molecule has 58 valence electrons. The summed E-state index contributed by atoms with van der Waals surface area (Å²) in [5.41, 5.74) is 2.52. The van der Waals surface area contributed by atoms with E-state index >= 15 is 0 Å².